The average Bonchev–Trinajstić information content (AvgIpc) is 2.87. The van der Waals surface area contributed by atoms with Crippen LogP contribution in [0.25, 0.3) is 21.7 Å². The van der Waals surface area contributed by atoms with Gasteiger partial charge in [-0.2, -0.15) is 13.2 Å². The van der Waals surface area contributed by atoms with Crippen molar-refractivity contribution < 1.29 is 13.2 Å². The van der Waals surface area contributed by atoms with E-state index in [1.54, 1.807) is 16.8 Å². The zero-order valence-corrected chi connectivity index (χ0v) is 12.9. The number of nitrogens with zero attached hydrogens (tertiary/aromatic N) is 4. The minimum absolute atomic E-state index is 0.151. The molecule has 110 valence electrons. The summed E-state index contributed by atoms with van der Waals surface area (Å²) in [6.07, 6.45) is -1.23. The molecule has 4 nitrogen and oxygen atoms in total. The molecule has 2 heterocycles. The van der Waals surface area contributed by atoms with Gasteiger partial charge in [0, 0.05) is 11.8 Å². The number of hydrogen-bond donors (Lipinski definition) is 0. The molecule has 0 spiro atoms. The first-order valence-corrected chi connectivity index (χ1v) is 7.07. The Bertz CT molecular complexity index is 891. The van der Waals surface area contributed by atoms with E-state index in [1.165, 1.54) is 12.1 Å². The van der Waals surface area contributed by atoms with Crippen LogP contribution in [0, 0.1) is 10.3 Å². The third-order valence-corrected chi connectivity index (χ3v) is 3.83. The van der Waals surface area contributed by atoms with Gasteiger partial charge in [0.25, 0.3) is 5.82 Å². The number of benzene rings is 1. The van der Waals surface area contributed by atoms with E-state index in [9.17, 15) is 13.2 Å². The SMILES string of the molecule is [C-]#[N+]c1cn2c(I)cnc2c(-c2ccc(C(F)(F)F)cc2)n1. The summed E-state index contributed by atoms with van der Waals surface area (Å²) in [5.74, 6) is 0.151. The quantitative estimate of drug-likeness (QED) is 0.432. The van der Waals surface area contributed by atoms with Crippen LogP contribution in [0.2, 0.25) is 0 Å². The zero-order chi connectivity index (χ0) is 15.9. The van der Waals surface area contributed by atoms with E-state index in [0.717, 1.165) is 15.8 Å². The van der Waals surface area contributed by atoms with Gasteiger partial charge in [0.2, 0.25) is 5.69 Å². The van der Waals surface area contributed by atoms with Gasteiger partial charge in [-0.15, -0.1) is 4.98 Å². The molecule has 3 aromatic rings. The summed E-state index contributed by atoms with van der Waals surface area (Å²) in [7, 11) is 0. The van der Waals surface area contributed by atoms with E-state index in [2.05, 4.69) is 37.4 Å². The van der Waals surface area contributed by atoms with Crippen molar-refractivity contribution in [2.45, 2.75) is 6.18 Å². The summed E-state index contributed by atoms with van der Waals surface area (Å²) in [5.41, 5.74) is 0.624. The van der Waals surface area contributed by atoms with Gasteiger partial charge in [-0.25, -0.2) is 4.98 Å². The fraction of sp³-hybridized carbons (Fsp3) is 0.0714. The van der Waals surface area contributed by atoms with Crippen LogP contribution < -0.4 is 0 Å². The standard InChI is InChI=1S/C14H6F3IN4/c1-19-11-7-22-10(18)6-20-13(22)12(21-11)8-2-4-9(5-3-8)14(15,16)17/h2-7H. The summed E-state index contributed by atoms with van der Waals surface area (Å²) in [6, 6.07) is 4.65. The highest BCUT2D eigenvalue weighted by Gasteiger charge is 2.30. The van der Waals surface area contributed by atoms with Gasteiger partial charge in [0.15, 0.2) is 5.65 Å². The highest BCUT2D eigenvalue weighted by molar-refractivity contribution is 14.1. The molecular formula is C14H6F3IN4. The molecule has 8 heteroatoms. The number of halogens is 4. The number of hydrogen-bond acceptors (Lipinski definition) is 2. The minimum atomic E-state index is -4.39. The topological polar surface area (TPSA) is 34.5 Å². The van der Waals surface area contributed by atoms with Gasteiger partial charge in [0.1, 0.15) is 3.70 Å². The average molecular weight is 414 g/mol. The lowest BCUT2D eigenvalue weighted by atomic mass is 10.1. The highest BCUT2D eigenvalue weighted by atomic mass is 127. The molecule has 0 aliphatic heterocycles. The molecule has 0 bridgehead atoms. The highest BCUT2D eigenvalue weighted by Crippen LogP contribution is 2.32. The molecule has 0 amide bonds. The smallest absolute Gasteiger partial charge is 0.359 e. The molecule has 1 aromatic carbocycles. The molecule has 0 atom stereocenters. The number of aromatic nitrogens is 3. The molecule has 0 saturated carbocycles. The number of rotatable bonds is 1. The van der Waals surface area contributed by atoms with Crippen LogP contribution in [0.1, 0.15) is 5.56 Å². The fourth-order valence-electron chi connectivity index (χ4n) is 2.01. The first-order valence-electron chi connectivity index (χ1n) is 5.99. The van der Waals surface area contributed by atoms with Crippen molar-refractivity contribution in [3.63, 3.8) is 0 Å². The van der Waals surface area contributed by atoms with E-state index in [1.807, 2.05) is 0 Å². The Balaban J connectivity index is 2.20. The van der Waals surface area contributed by atoms with Crippen molar-refractivity contribution in [2.24, 2.45) is 0 Å². The van der Waals surface area contributed by atoms with E-state index in [0.29, 0.717) is 16.9 Å². The Morgan fingerprint density at radius 1 is 1.18 bits per heavy atom. The fourth-order valence-corrected chi connectivity index (χ4v) is 2.52. The second kappa shape index (κ2) is 5.24. The molecule has 3 rings (SSSR count). The molecule has 0 radical (unpaired) electrons. The van der Waals surface area contributed by atoms with Crippen LogP contribution in [0.15, 0.2) is 36.7 Å². The molecule has 0 aliphatic rings. The zero-order valence-electron chi connectivity index (χ0n) is 10.8. The van der Waals surface area contributed by atoms with Crippen LogP contribution in [-0.2, 0) is 6.18 Å². The second-order valence-corrected chi connectivity index (χ2v) is 5.51. The molecular weight excluding hydrogens is 408 g/mol. The van der Waals surface area contributed by atoms with Crippen molar-refractivity contribution in [3.8, 4) is 11.3 Å². The molecule has 22 heavy (non-hydrogen) atoms. The van der Waals surface area contributed by atoms with Crippen molar-refractivity contribution in [1.82, 2.24) is 14.4 Å². The van der Waals surface area contributed by atoms with Crippen LogP contribution in [-0.4, -0.2) is 14.4 Å². The molecule has 0 aliphatic carbocycles. The molecule has 0 fully saturated rings. The minimum Gasteiger partial charge on any atom is -0.359 e. The van der Waals surface area contributed by atoms with Gasteiger partial charge in [-0.3, -0.25) is 0 Å². The summed E-state index contributed by atoms with van der Waals surface area (Å²) < 4.78 is 40.3. The molecule has 0 saturated heterocycles. The van der Waals surface area contributed by atoms with Gasteiger partial charge in [-0.1, -0.05) is 6.57 Å². The van der Waals surface area contributed by atoms with Crippen LogP contribution in [0.5, 0.6) is 0 Å². The molecule has 0 N–H and O–H groups in total. The first kappa shape index (κ1) is 14.8. The summed E-state index contributed by atoms with van der Waals surface area (Å²) in [5, 5.41) is 0. The molecule has 2 aromatic heterocycles. The first-order chi connectivity index (χ1) is 10.4. The lowest BCUT2D eigenvalue weighted by Crippen LogP contribution is -2.04. The van der Waals surface area contributed by atoms with Crippen LogP contribution >= 0.6 is 22.6 Å². The van der Waals surface area contributed by atoms with Gasteiger partial charge >= 0.3 is 6.18 Å². The third kappa shape index (κ3) is 2.52. The lowest BCUT2D eigenvalue weighted by molar-refractivity contribution is -0.137. The largest absolute Gasteiger partial charge is 0.416 e. The van der Waals surface area contributed by atoms with Crippen LogP contribution in [0.4, 0.5) is 19.0 Å². The number of fused-ring (bicyclic) bond motifs is 1. The Kier molecular flexibility index (Phi) is 3.52. The Labute approximate surface area is 136 Å². The van der Waals surface area contributed by atoms with E-state index in [-0.39, 0.29) is 5.82 Å². The van der Waals surface area contributed by atoms with Gasteiger partial charge in [-0.05, 0) is 46.9 Å². The maximum atomic E-state index is 12.6. The van der Waals surface area contributed by atoms with Crippen LogP contribution in [0.3, 0.4) is 0 Å². The predicted octanol–water partition coefficient (Wildman–Crippen LogP) is 4.57. The van der Waals surface area contributed by atoms with E-state index < -0.39 is 11.7 Å². The number of alkyl halides is 3. The van der Waals surface area contributed by atoms with Crippen molar-refractivity contribution in [2.75, 3.05) is 0 Å². The van der Waals surface area contributed by atoms with Crippen molar-refractivity contribution in [1.29, 1.82) is 0 Å². The third-order valence-electron chi connectivity index (χ3n) is 3.03. The normalized spacial score (nSPS) is 11.6. The monoisotopic (exact) mass is 414 g/mol. The Morgan fingerprint density at radius 3 is 2.45 bits per heavy atom. The summed E-state index contributed by atoms with van der Waals surface area (Å²) in [4.78, 5) is 11.7. The van der Waals surface area contributed by atoms with E-state index >= 15 is 0 Å². The maximum Gasteiger partial charge on any atom is 0.416 e. The maximum absolute atomic E-state index is 12.6. The second-order valence-electron chi connectivity index (χ2n) is 4.41. The summed E-state index contributed by atoms with van der Waals surface area (Å²) >= 11 is 2.06. The summed E-state index contributed by atoms with van der Waals surface area (Å²) in [6.45, 7) is 7.10. The Morgan fingerprint density at radius 2 is 1.86 bits per heavy atom. The van der Waals surface area contributed by atoms with Gasteiger partial charge in [0.05, 0.1) is 11.8 Å². The van der Waals surface area contributed by atoms with E-state index in [4.69, 9.17) is 6.57 Å². The van der Waals surface area contributed by atoms with Gasteiger partial charge < -0.3 is 9.25 Å². The lowest BCUT2D eigenvalue weighted by Gasteiger charge is -2.07. The molecule has 0 unspecified atom stereocenters. The number of imidazole rings is 1. The van der Waals surface area contributed by atoms with Crippen molar-refractivity contribution >= 4 is 34.1 Å². The predicted molar refractivity (Wildman–Crippen MR) is 82.4 cm³/mol. The van der Waals surface area contributed by atoms with Crippen molar-refractivity contribution in [3.05, 3.63) is 57.3 Å². The Hall–Kier alpha value is -2.15.